The van der Waals surface area contributed by atoms with Crippen molar-refractivity contribution in [1.82, 2.24) is 4.72 Å². The van der Waals surface area contributed by atoms with Gasteiger partial charge in [-0.1, -0.05) is 26.7 Å². The molecule has 1 aromatic heterocycles. The number of aliphatic hydroxyl groups is 1. The minimum absolute atomic E-state index is 0.0407. The minimum atomic E-state index is -3.42. The second-order valence-corrected chi connectivity index (χ2v) is 8.65. The van der Waals surface area contributed by atoms with Crippen molar-refractivity contribution in [2.45, 2.75) is 56.7 Å². The molecule has 0 fully saturated rings. The first-order valence-corrected chi connectivity index (χ1v) is 9.37. The number of aliphatic hydroxyl groups excluding tert-OH is 1. The Morgan fingerprint density at radius 3 is 2.55 bits per heavy atom. The van der Waals surface area contributed by atoms with Crippen LogP contribution in [0.2, 0.25) is 0 Å². The van der Waals surface area contributed by atoms with Crippen LogP contribution in [0.1, 0.15) is 44.9 Å². The second kappa shape index (κ2) is 8.12. The predicted octanol–water partition coefficient (Wildman–Crippen LogP) is 2.78. The Morgan fingerprint density at radius 2 is 1.95 bits per heavy atom. The molecule has 0 radical (unpaired) electrons. The van der Waals surface area contributed by atoms with E-state index in [4.69, 9.17) is 5.11 Å². The maximum atomic E-state index is 12.2. The first-order chi connectivity index (χ1) is 9.35. The molecule has 0 bridgehead atoms. The normalized spacial score (nSPS) is 13.8. The van der Waals surface area contributed by atoms with Crippen LogP contribution in [0.5, 0.6) is 0 Å². The van der Waals surface area contributed by atoms with Gasteiger partial charge in [0.1, 0.15) is 4.21 Å². The largest absolute Gasteiger partial charge is 0.396 e. The highest BCUT2D eigenvalue weighted by molar-refractivity contribution is 7.91. The van der Waals surface area contributed by atoms with E-state index in [0.29, 0.717) is 16.5 Å². The smallest absolute Gasteiger partial charge is 0.250 e. The highest BCUT2D eigenvalue weighted by atomic mass is 32.2. The van der Waals surface area contributed by atoms with Crippen LogP contribution < -0.4 is 4.72 Å². The van der Waals surface area contributed by atoms with Crippen LogP contribution in [0.3, 0.4) is 0 Å². The summed E-state index contributed by atoms with van der Waals surface area (Å²) in [4.78, 5) is 0.889. The van der Waals surface area contributed by atoms with Gasteiger partial charge in [0.05, 0.1) is 0 Å². The number of hydrogen-bond donors (Lipinski definition) is 2. The van der Waals surface area contributed by atoms with E-state index < -0.39 is 10.0 Å². The van der Waals surface area contributed by atoms with Crippen LogP contribution in [0.15, 0.2) is 16.3 Å². The standard InChI is InChI=1S/C14H25NO3S2/c1-11(2)5-4-6-12(3)15-20(17,18)14-8-7-13(19-14)9-10-16/h7-8,11-12,15-16H,4-6,9-10H2,1-3H3. The summed E-state index contributed by atoms with van der Waals surface area (Å²) >= 11 is 1.22. The highest BCUT2D eigenvalue weighted by Crippen LogP contribution is 2.22. The summed E-state index contributed by atoms with van der Waals surface area (Å²) in [5, 5.41) is 8.86. The zero-order valence-corrected chi connectivity index (χ0v) is 14.1. The Bertz CT molecular complexity index is 494. The van der Waals surface area contributed by atoms with E-state index in [9.17, 15) is 8.42 Å². The lowest BCUT2D eigenvalue weighted by atomic mass is 10.0. The molecule has 0 aromatic carbocycles. The van der Waals surface area contributed by atoms with Gasteiger partial charge in [-0.3, -0.25) is 0 Å². The van der Waals surface area contributed by atoms with Gasteiger partial charge in [-0.15, -0.1) is 11.3 Å². The summed E-state index contributed by atoms with van der Waals surface area (Å²) in [6, 6.07) is 3.32. The number of thiophene rings is 1. The number of sulfonamides is 1. The molecule has 1 aromatic rings. The lowest BCUT2D eigenvalue weighted by molar-refractivity contribution is 0.300. The lowest BCUT2D eigenvalue weighted by Gasteiger charge is -2.14. The Kier molecular flexibility index (Phi) is 7.15. The Hall–Kier alpha value is -0.430. The molecular formula is C14H25NO3S2. The SMILES string of the molecule is CC(C)CCCC(C)NS(=O)(=O)c1ccc(CCO)s1. The zero-order chi connectivity index (χ0) is 15.2. The van der Waals surface area contributed by atoms with Crippen molar-refractivity contribution in [3.8, 4) is 0 Å². The van der Waals surface area contributed by atoms with Gasteiger partial charge in [0.2, 0.25) is 10.0 Å². The van der Waals surface area contributed by atoms with Gasteiger partial charge in [0, 0.05) is 23.9 Å². The van der Waals surface area contributed by atoms with Crippen molar-refractivity contribution < 1.29 is 13.5 Å². The van der Waals surface area contributed by atoms with Gasteiger partial charge in [0.25, 0.3) is 0 Å². The van der Waals surface area contributed by atoms with E-state index in [1.165, 1.54) is 11.3 Å². The van der Waals surface area contributed by atoms with Crippen LogP contribution in [0, 0.1) is 5.92 Å². The van der Waals surface area contributed by atoms with Crippen molar-refractivity contribution in [1.29, 1.82) is 0 Å². The zero-order valence-electron chi connectivity index (χ0n) is 12.4. The van der Waals surface area contributed by atoms with E-state index >= 15 is 0 Å². The quantitative estimate of drug-likeness (QED) is 0.735. The van der Waals surface area contributed by atoms with Gasteiger partial charge in [-0.05, 0) is 31.4 Å². The monoisotopic (exact) mass is 319 g/mol. The summed E-state index contributed by atoms with van der Waals surface area (Å²) in [5.74, 6) is 0.650. The average molecular weight is 319 g/mol. The molecule has 116 valence electrons. The maximum Gasteiger partial charge on any atom is 0.250 e. The fourth-order valence-corrected chi connectivity index (χ4v) is 4.60. The number of rotatable bonds is 9. The van der Waals surface area contributed by atoms with Crippen molar-refractivity contribution >= 4 is 21.4 Å². The topological polar surface area (TPSA) is 66.4 Å². The molecule has 20 heavy (non-hydrogen) atoms. The highest BCUT2D eigenvalue weighted by Gasteiger charge is 2.19. The molecule has 0 aliphatic rings. The van der Waals surface area contributed by atoms with Gasteiger partial charge in [-0.2, -0.15) is 0 Å². The molecule has 4 nitrogen and oxygen atoms in total. The van der Waals surface area contributed by atoms with Crippen LogP contribution in [0.25, 0.3) is 0 Å². The molecule has 0 spiro atoms. The average Bonchev–Trinajstić information content (AvgIpc) is 2.77. The summed E-state index contributed by atoms with van der Waals surface area (Å²) < 4.78 is 27.4. The molecule has 0 saturated heterocycles. The second-order valence-electron chi connectivity index (χ2n) is 5.54. The third-order valence-corrected chi connectivity index (χ3v) is 6.26. The third-order valence-electron chi connectivity index (χ3n) is 3.04. The van der Waals surface area contributed by atoms with Gasteiger partial charge in [0.15, 0.2) is 0 Å². The number of nitrogens with one attached hydrogen (secondary N) is 1. The molecule has 0 amide bonds. The van der Waals surface area contributed by atoms with E-state index in [1.807, 2.05) is 6.92 Å². The van der Waals surface area contributed by atoms with Gasteiger partial charge >= 0.3 is 0 Å². The molecule has 0 aliphatic heterocycles. The van der Waals surface area contributed by atoms with Gasteiger partial charge < -0.3 is 5.11 Å². The van der Waals surface area contributed by atoms with E-state index in [2.05, 4.69) is 18.6 Å². The molecule has 1 heterocycles. The van der Waals surface area contributed by atoms with Crippen molar-refractivity contribution in [2.24, 2.45) is 5.92 Å². The van der Waals surface area contributed by atoms with E-state index in [0.717, 1.165) is 24.1 Å². The minimum Gasteiger partial charge on any atom is -0.396 e. The fraction of sp³-hybridized carbons (Fsp3) is 0.714. The molecule has 0 aliphatic carbocycles. The molecule has 6 heteroatoms. The van der Waals surface area contributed by atoms with E-state index in [-0.39, 0.29) is 12.6 Å². The summed E-state index contributed by atoms with van der Waals surface area (Å²) in [6.07, 6.45) is 3.50. The first-order valence-electron chi connectivity index (χ1n) is 7.07. The molecule has 0 saturated carbocycles. The van der Waals surface area contributed by atoms with Crippen molar-refractivity contribution in [2.75, 3.05) is 6.61 Å². The third kappa shape index (κ3) is 5.91. The molecule has 2 N–H and O–H groups in total. The Morgan fingerprint density at radius 1 is 1.25 bits per heavy atom. The Balaban J connectivity index is 2.55. The summed E-state index contributed by atoms with van der Waals surface area (Å²) in [6.45, 7) is 6.28. The first kappa shape index (κ1) is 17.6. The fourth-order valence-electron chi connectivity index (χ4n) is 1.96. The maximum absolute atomic E-state index is 12.2. The van der Waals surface area contributed by atoms with E-state index in [1.54, 1.807) is 12.1 Å². The molecule has 1 rings (SSSR count). The van der Waals surface area contributed by atoms with Crippen molar-refractivity contribution in [3.63, 3.8) is 0 Å². The van der Waals surface area contributed by atoms with Crippen molar-refractivity contribution in [3.05, 3.63) is 17.0 Å². The van der Waals surface area contributed by atoms with Crippen LogP contribution >= 0.6 is 11.3 Å². The molecule has 1 unspecified atom stereocenters. The van der Waals surface area contributed by atoms with Gasteiger partial charge in [-0.25, -0.2) is 13.1 Å². The number of hydrogen-bond acceptors (Lipinski definition) is 4. The Labute approximate surface area is 126 Å². The predicted molar refractivity (Wildman–Crippen MR) is 83.6 cm³/mol. The summed E-state index contributed by atoms with van der Waals surface area (Å²) in [7, 11) is -3.42. The molecule has 1 atom stereocenters. The van der Waals surface area contributed by atoms with Crippen LogP contribution in [0.4, 0.5) is 0 Å². The van der Waals surface area contributed by atoms with Crippen LogP contribution in [-0.4, -0.2) is 26.2 Å². The lowest BCUT2D eigenvalue weighted by Crippen LogP contribution is -2.32. The summed E-state index contributed by atoms with van der Waals surface area (Å²) in [5.41, 5.74) is 0. The molecular weight excluding hydrogens is 294 g/mol. The van der Waals surface area contributed by atoms with Crippen LogP contribution in [-0.2, 0) is 16.4 Å².